The number of hydrogen-bond donors (Lipinski definition) is 0. The fourth-order valence-electron chi connectivity index (χ4n) is 8.34. The molecule has 4 aliphatic heterocycles. The molecule has 0 N–H and O–H groups in total. The first-order chi connectivity index (χ1) is 22.3. The molecule has 3 nitrogen and oxygen atoms in total. The van der Waals surface area contributed by atoms with Gasteiger partial charge in [-0.15, -0.1) is 0 Å². The first-order valence-electron chi connectivity index (χ1n) is 16.7. The summed E-state index contributed by atoms with van der Waals surface area (Å²) in [6.45, 7) is 4.57. The summed E-state index contributed by atoms with van der Waals surface area (Å²) in [6, 6.07) is 27.2. The molecule has 0 amide bonds. The first-order valence-corrected chi connectivity index (χ1v) is 18.4. The predicted molar refractivity (Wildman–Crippen MR) is 191 cm³/mol. The lowest BCUT2D eigenvalue weighted by Crippen LogP contribution is -2.30. The van der Waals surface area contributed by atoms with Crippen LogP contribution < -0.4 is 9.47 Å². The monoisotopic (exact) mass is 622 g/mol. The van der Waals surface area contributed by atoms with Gasteiger partial charge in [-0.2, -0.15) is 4.57 Å². The van der Waals surface area contributed by atoms with Gasteiger partial charge in [0.1, 0.15) is 4.70 Å². The molecule has 0 unspecified atom stereocenters. The summed E-state index contributed by atoms with van der Waals surface area (Å²) in [6.07, 6.45) is 13.8. The molecule has 1 saturated heterocycles. The average Bonchev–Trinajstić information content (AvgIpc) is 3.89. The van der Waals surface area contributed by atoms with Crippen molar-refractivity contribution in [3.05, 3.63) is 117 Å². The van der Waals surface area contributed by atoms with Crippen molar-refractivity contribution in [1.29, 1.82) is 0 Å². The number of aryl methyl sites for hydroxylation is 1. The summed E-state index contributed by atoms with van der Waals surface area (Å²) in [4.78, 5) is 6.74. The van der Waals surface area contributed by atoms with Crippen LogP contribution in [0.4, 0.5) is 5.69 Å². The second-order valence-electron chi connectivity index (χ2n) is 13.2. The number of nitrogens with zero attached hydrogens (tertiary/aromatic N) is 3. The summed E-state index contributed by atoms with van der Waals surface area (Å²) >= 11 is 3.98. The minimum atomic E-state index is 1.09. The van der Waals surface area contributed by atoms with Crippen LogP contribution in [0.2, 0.25) is 0 Å². The highest BCUT2D eigenvalue weighted by Crippen LogP contribution is 2.52. The summed E-state index contributed by atoms with van der Waals surface area (Å²) in [5, 5.41) is 8.30. The molecule has 0 radical (unpaired) electrons. The van der Waals surface area contributed by atoms with E-state index in [1.807, 2.05) is 23.1 Å². The topological polar surface area (TPSA) is 10.4 Å². The molecule has 1 aliphatic carbocycles. The van der Waals surface area contributed by atoms with Gasteiger partial charge in [-0.05, 0) is 101 Å². The number of likely N-dealkylation sites (tertiary alicyclic amines) is 1. The predicted octanol–water partition coefficient (Wildman–Crippen LogP) is 9.97. The Balaban J connectivity index is 1.05. The molecule has 1 aromatic heterocycles. The lowest BCUT2D eigenvalue weighted by Gasteiger charge is -2.31. The van der Waals surface area contributed by atoms with Gasteiger partial charge in [-0.1, -0.05) is 77.7 Å². The van der Waals surface area contributed by atoms with Gasteiger partial charge in [0.2, 0.25) is 5.52 Å². The van der Waals surface area contributed by atoms with Gasteiger partial charge in [0.25, 0.3) is 5.01 Å². The van der Waals surface area contributed by atoms with Crippen LogP contribution in [0.15, 0.2) is 117 Å². The maximum atomic E-state index is 2.75. The van der Waals surface area contributed by atoms with Gasteiger partial charge in [0, 0.05) is 48.3 Å². The fourth-order valence-corrected chi connectivity index (χ4v) is 10.9. The molecule has 222 valence electrons. The van der Waals surface area contributed by atoms with Crippen LogP contribution in [0.3, 0.4) is 0 Å². The van der Waals surface area contributed by atoms with Crippen LogP contribution in [0.1, 0.15) is 50.0 Å². The summed E-state index contributed by atoms with van der Waals surface area (Å²) in [5.41, 5.74) is 10.6. The van der Waals surface area contributed by atoms with Crippen LogP contribution in [0, 0.1) is 0 Å². The zero-order valence-corrected chi connectivity index (χ0v) is 27.2. The summed E-state index contributed by atoms with van der Waals surface area (Å²) in [5.74, 6) is 0. The van der Waals surface area contributed by atoms with Crippen molar-refractivity contribution in [2.24, 2.45) is 0 Å². The number of anilines is 1. The second-order valence-corrected chi connectivity index (χ2v) is 15.3. The third kappa shape index (κ3) is 4.27. The van der Waals surface area contributed by atoms with Crippen LogP contribution in [-0.4, -0.2) is 24.5 Å². The Morgan fingerprint density at radius 3 is 2.22 bits per heavy atom. The third-order valence-electron chi connectivity index (χ3n) is 10.5. The van der Waals surface area contributed by atoms with E-state index in [-0.39, 0.29) is 0 Å². The van der Waals surface area contributed by atoms with Crippen molar-refractivity contribution in [3.8, 4) is 0 Å². The van der Waals surface area contributed by atoms with E-state index in [1.54, 1.807) is 16.8 Å². The van der Waals surface area contributed by atoms with Crippen LogP contribution in [-0.2, 0) is 6.54 Å². The number of hydrogen-bond acceptors (Lipinski definition) is 4. The summed E-state index contributed by atoms with van der Waals surface area (Å²) < 4.78 is 4.00. The Kier molecular flexibility index (Phi) is 6.09. The normalized spacial score (nSPS) is 21.4. The molecule has 5 aromatic rings. The Bertz CT molecular complexity index is 2190. The molecule has 0 bridgehead atoms. The van der Waals surface area contributed by atoms with E-state index in [2.05, 4.69) is 99.3 Å². The van der Waals surface area contributed by atoms with E-state index in [0.29, 0.717) is 0 Å². The number of piperidine rings is 1. The number of thioether (sulfide) groups is 1. The molecule has 10 rings (SSSR count). The lowest BCUT2D eigenvalue weighted by molar-refractivity contribution is -0.659. The molecule has 0 atom stereocenters. The van der Waals surface area contributed by atoms with Crippen LogP contribution in [0.5, 0.6) is 0 Å². The molecular formula is C40H36N3S2+. The zero-order chi connectivity index (χ0) is 29.5. The highest BCUT2D eigenvalue weighted by molar-refractivity contribution is 8.03. The minimum Gasteiger partial charge on any atom is -0.371 e. The van der Waals surface area contributed by atoms with Crippen molar-refractivity contribution < 1.29 is 4.57 Å². The Labute approximate surface area is 272 Å². The Morgan fingerprint density at radius 1 is 0.667 bits per heavy atom. The highest BCUT2D eigenvalue weighted by atomic mass is 32.2. The third-order valence-corrected chi connectivity index (χ3v) is 13.0. The van der Waals surface area contributed by atoms with Gasteiger partial charge in [-0.25, -0.2) is 0 Å². The maximum Gasteiger partial charge on any atom is 0.266 e. The van der Waals surface area contributed by atoms with E-state index in [9.17, 15) is 0 Å². The minimum absolute atomic E-state index is 1.09. The van der Waals surface area contributed by atoms with Gasteiger partial charge in [0.05, 0.1) is 10.7 Å². The molecule has 5 aliphatic rings. The van der Waals surface area contributed by atoms with Crippen LogP contribution >= 0.6 is 23.1 Å². The maximum absolute atomic E-state index is 2.75. The highest BCUT2D eigenvalue weighted by Gasteiger charge is 2.35. The number of allylic oxidation sites excluding steroid dienone is 5. The second kappa shape index (κ2) is 10.4. The molecule has 0 saturated carbocycles. The van der Waals surface area contributed by atoms with Crippen molar-refractivity contribution >= 4 is 66.1 Å². The molecule has 5 heterocycles. The van der Waals surface area contributed by atoms with E-state index in [4.69, 9.17) is 0 Å². The number of benzene rings is 4. The van der Waals surface area contributed by atoms with E-state index in [0.717, 1.165) is 38.8 Å². The first kappa shape index (κ1) is 26.4. The SMILES string of the molecule is C(/C1=C2Sc3cc4ccccc4cc3N2CC1)=C1/CCC(/C=C2\CC[n+]3c2sc2cc4ccccc4cc23)=C1N1CCCCC1. The molecule has 1 fully saturated rings. The smallest absolute Gasteiger partial charge is 0.266 e. The number of thiazole rings is 1. The van der Waals surface area contributed by atoms with Crippen molar-refractivity contribution in [1.82, 2.24) is 4.90 Å². The molecule has 0 spiro atoms. The largest absolute Gasteiger partial charge is 0.371 e. The number of aromatic nitrogens is 1. The molecule has 5 heteroatoms. The van der Waals surface area contributed by atoms with Crippen molar-refractivity contribution in [2.75, 3.05) is 24.5 Å². The number of fused-ring (bicyclic) bond motifs is 8. The van der Waals surface area contributed by atoms with Gasteiger partial charge in [0.15, 0.2) is 6.54 Å². The van der Waals surface area contributed by atoms with Crippen molar-refractivity contribution in [3.63, 3.8) is 0 Å². The molecule has 4 aromatic carbocycles. The van der Waals surface area contributed by atoms with Gasteiger partial charge < -0.3 is 9.80 Å². The standard InChI is InChI=1S/C40H36N3S2/c1-6-16-41(17-7-1)38-30(20-32-14-18-42-34-22-26-8-2-4-10-28(26)24-36(34)44-39(32)42)12-13-31(38)21-33-15-19-43-35-23-27-9-3-5-11-29(27)25-37(35)45-40(33)43/h2-5,8-11,20-25H,1,6-7,12-19H2/q+1. The zero-order valence-electron chi connectivity index (χ0n) is 25.5. The Morgan fingerprint density at radius 2 is 1.40 bits per heavy atom. The molecule has 45 heavy (non-hydrogen) atoms. The summed E-state index contributed by atoms with van der Waals surface area (Å²) in [7, 11) is 0. The molecular weight excluding hydrogens is 587 g/mol. The van der Waals surface area contributed by atoms with Gasteiger partial charge in [-0.3, -0.25) is 0 Å². The number of rotatable bonds is 3. The average molecular weight is 623 g/mol. The van der Waals surface area contributed by atoms with Crippen LogP contribution in [0.25, 0.3) is 37.3 Å². The fraction of sp³-hybridized carbons (Fsp3) is 0.275. The quantitative estimate of drug-likeness (QED) is 0.186. The van der Waals surface area contributed by atoms with E-state index < -0.39 is 0 Å². The Hall–Kier alpha value is -3.80. The van der Waals surface area contributed by atoms with Crippen molar-refractivity contribution in [2.45, 2.75) is 56.4 Å². The lowest BCUT2D eigenvalue weighted by atomic mass is 10.0. The van der Waals surface area contributed by atoms with Gasteiger partial charge >= 0.3 is 0 Å². The van der Waals surface area contributed by atoms with E-state index in [1.165, 1.54) is 95.9 Å². The van der Waals surface area contributed by atoms with E-state index >= 15 is 0 Å².